The minimum Gasteiger partial charge on any atom is -0.361 e. The molecule has 0 spiro atoms. The second-order valence-electron chi connectivity index (χ2n) is 8.19. The molecular formula is C30H26FNO. The highest BCUT2D eigenvalue weighted by Crippen LogP contribution is 2.40. The van der Waals surface area contributed by atoms with E-state index in [1.165, 1.54) is 6.07 Å². The number of hydrogen-bond donors (Lipinski definition) is 0. The van der Waals surface area contributed by atoms with E-state index in [1.54, 1.807) is 6.07 Å². The fraction of sp³-hybridized carbons (Fsp3) is 0.133. The fourth-order valence-corrected chi connectivity index (χ4v) is 4.59. The predicted molar refractivity (Wildman–Crippen MR) is 132 cm³/mol. The summed E-state index contributed by atoms with van der Waals surface area (Å²) < 4.78 is 22.5. The number of fused-ring (bicyclic) bond motifs is 1. The predicted octanol–water partition coefficient (Wildman–Crippen LogP) is 7.18. The molecule has 0 N–H and O–H groups in total. The van der Waals surface area contributed by atoms with Crippen molar-refractivity contribution in [1.82, 2.24) is 4.57 Å². The first-order chi connectivity index (χ1) is 16.3. The highest BCUT2D eigenvalue weighted by molar-refractivity contribution is 5.80. The van der Waals surface area contributed by atoms with Gasteiger partial charge in [-0.25, -0.2) is 4.39 Å². The van der Waals surface area contributed by atoms with Crippen molar-refractivity contribution < 1.29 is 9.13 Å². The summed E-state index contributed by atoms with van der Waals surface area (Å²) in [5.41, 5.74) is 3.64. The van der Waals surface area contributed by atoms with E-state index in [0.29, 0.717) is 6.61 Å². The third kappa shape index (κ3) is 4.20. The van der Waals surface area contributed by atoms with Gasteiger partial charge in [0.25, 0.3) is 0 Å². The van der Waals surface area contributed by atoms with Gasteiger partial charge in [-0.2, -0.15) is 0 Å². The Hall–Kier alpha value is -3.69. The molecule has 1 heterocycles. The number of rotatable bonds is 8. The van der Waals surface area contributed by atoms with Crippen molar-refractivity contribution in [1.29, 1.82) is 0 Å². The summed E-state index contributed by atoms with van der Waals surface area (Å²) in [6, 6.07) is 38.1. The van der Waals surface area contributed by atoms with Crippen LogP contribution in [-0.2, 0) is 16.9 Å². The Morgan fingerprint density at radius 3 is 1.76 bits per heavy atom. The van der Waals surface area contributed by atoms with Gasteiger partial charge in [-0.05, 0) is 47.4 Å². The zero-order valence-electron chi connectivity index (χ0n) is 18.4. The average Bonchev–Trinajstić information content (AvgIpc) is 3.28. The van der Waals surface area contributed by atoms with Crippen LogP contribution < -0.4 is 0 Å². The molecule has 4 aromatic carbocycles. The molecule has 0 saturated carbocycles. The molecule has 0 amide bonds. The second-order valence-corrected chi connectivity index (χ2v) is 8.19. The number of aromatic nitrogens is 1. The van der Waals surface area contributed by atoms with Gasteiger partial charge in [-0.15, -0.1) is 0 Å². The molecule has 1 aromatic heterocycles. The molecule has 0 atom stereocenters. The Labute approximate surface area is 193 Å². The molecule has 33 heavy (non-hydrogen) atoms. The maximum Gasteiger partial charge on any atom is 0.143 e. The average molecular weight is 436 g/mol. The van der Waals surface area contributed by atoms with Crippen molar-refractivity contribution in [3.63, 3.8) is 0 Å². The standard InChI is InChI=1S/C30H26FNO/c31-28-17-18-29-24(23-28)19-21-32(29)20-10-22-33-30(25-11-4-1-5-12-25,26-13-6-2-7-14-26)27-15-8-3-9-16-27/h1-9,11-19,21,23H,10,20,22H2. The van der Waals surface area contributed by atoms with Gasteiger partial charge in [0.1, 0.15) is 11.4 Å². The van der Waals surface area contributed by atoms with Crippen LogP contribution in [0.3, 0.4) is 0 Å². The largest absolute Gasteiger partial charge is 0.361 e. The lowest BCUT2D eigenvalue weighted by Gasteiger charge is -2.36. The SMILES string of the molecule is Fc1ccc2c(ccn2CCCOC(c2ccccc2)(c2ccccc2)c2ccccc2)c1. The summed E-state index contributed by atoms with van der Waals surface area (Å²) in [7, 11) is 0. The van der Waals surface area contributed by atoms with Crippen molar-refractivity contribution in [2.24, 2.45) is 0 Å². The van der Waals surface area contributed by atoms with Gasteiger partial charge in [0.05, 0.1) is 6.61 Å². The quantitative estimate of drug-likeness (QED) is 0.186. The second kappa shape index (κ2) is 9.43. The Morgan fingerprint density at radius 2 is 1.21 bits per heavy atom. The van der Waals surface area contributed by atoms with Crippen LogP contribution in [0.4, 0.5) is 4.39 Å². The first kappa shape index (κ1) is 21.2. The Bertz CT molecular complexity index is 1220. The number of halogens is 1. The first-order valence-corrected chi connectivity index (χ1v) is 11.3. The van der Waals surface area contributed by atoms with Gasteiger partial charge in [0, 0.05) is 23.6 Å². The Morgan fingerprint density at radius 1 is 0.667 bits per heavy atom. The molecule has 2 nitrogen and oxygen atoms in total. The molecule has 0 aliphatic heterocycles. The van der Waals surface area contributed by atoms with Gasteiger partial charge in [-0.3, -0.25) is 0 Å². The zero-order chi connectivity index (χ0) is 22.5. The van der Waals surface area contributed by atoms with Crippen molar-refractivity contribution >= 4 is 10.9 Å². The first-order valence-electron chi connectivity index (χ1n) is 11.3. The van der Waals surface area contributed by atoms with Gasteiger partial charge in [0.15, 0.2) is 0 Å². The van der Waals surface area contributed by atoms with E-state index in [4.69, 9.17) is 4.74 Å². The van der Waals surface area contributed by atoms with E-state index in [-0.39, 0.29) is 5.82 Å². The molecule has 0 aliphatic rings. The molecule has 5 aromatic rings. The van der Waals surface area contributed by atoms with E-state index >= 15 is 0 Å². The van der Waals surface area contributed by atoms with Gasteiger partial charge < -0.3 is 9.30 Å². The summed E-state index contributed by atoms with van der Waals surface area (Å²) in [6.45, 7) is 1.36. The molecule has 164 valence electrons. The molecule has 0 radical (unpaired) electrons. The molecule has 0 unspecified atom stereocenters. The lowest BCUT2D eigenvalue weighted by Crippen LogP contribution is -2.33. The summed E-state index contributed by atoms with van der Waals surface area (Å²) in [4.78, 5) is 0. The minimum atomic E-state index is -0.703. The molecule has 0 fully saturated rings. The van der Waals surface area contributed by atoms with E-state index in [0.717, 1.165) is 40.6 Å². The minimum absolute atomic E-state index is 0.207. The molecule has 0 aliphatic carbocycles. The molecule has 0 saturated heterocycles. The fourth-order valence-electron chi connectivity index (χ4n) is 4.59. The molecular weight excluding hydrogens is 409 g/mol. The Balaban J connectivity index is 1.46. The normalized spacial score (nSPS) is 11.7. The molecule has 0 bridgehead atoms. The van der Waals surface area contributed by atoms with E-state index in [1.807, 2.05) is 36.5 Å². The molecule has 3 heteroatoms. The maximum atomic E-state index is 13.5. The highest BCUT2D eigenvalue weighted by Gasteiger charge is 2.37. The van der Waals surface area contributed by atoms with Crippen molar-refractivity contribution in [3.05, 3.63) is 144 Å². The lowest BCUT2D eigenvalue weighted by atomic mass is 9.80. The van der Waals surface area contributed by atoms with Crippen LogP contribution >= 0.6 is 0 Å². The topological polar surface area (TPSA) is 14.2 Å². The smallest absolute Gasteiger partial charge is 0.143 e. The highest BCUT2D eigenvalue weighted by atomic mass is 19.1. The number of ether oxygens (including phenoxy) is 1. The van der Waals surface area contributed by atoms with Crippen LogP contribution in [-0.4, -0.2) is 11.2 Å². The summed E-state index contributed by atoms with van der Waals surface area (Å²) in [5, 5.41) is 0.920. The van der Waals surface area contributed by atoms with Gasteiger partial charge >= 0.3 is 0 Å². The van der Waals surface area contributed by atoms with Crippen molar-refractivity contribution in [2.75, 3.05) is 6.61 Å². The Kier molecular flexibility index (Phi) is 6.05. The van der Waals surface area contributed by atoms with Crippen LogP contribution in [0.1, 0.15) is 23.1 Å². The van der Waals surface area contributed by atoms with E-state index < -0.39 is 5.60 Å². The summed E-state index contributed by atoms with van der Waals surface area (Å²) >= 11 is 0. The third-order valence-electron chi connectivity index (χ3n) is 6.14. The van der Waals surface area contributed by atoms with E-state index in [9.17, 15) is 4.39 Å². The van der Waals surface area contributed by atoms with Crippen LogP contribution in [0.25, 0.3) is 10.9 Å². The van der Waals surface area contributed by atoms with E-state index in [2.05, 4.69) is 77.4 Å². The number of nitrogens with zero attached hydrogens (tertiary/aromatic N) is 1. The number of aryl methyl sites for hydroxylation is 1. The van der Waals surface area contributed by atoms with Gasteiger partial charge in [0.2, 0.25) is 0 Å². The lowest BCUT2D eigenvalue weighted by molar-refractivity contribution is 0.0101. The monoisotopic (exact) mass is 435 g/mol. The molecule has 5 rings (SSSR count). The number of hydrogen-bond acceptors (Lipinski definition) is 1. The number of benzene rings is 4. The van der Waals surface area contributed by atoms with Crippen molar-refractivity contribution in [3.8, 4) is 0 Å². The summed E-state index contributed by atoms with van der Waals surface area (Å²) in [5.74, 6) is -0.207. The third-order valence-corrected chi connectivity index (χ3v) is 6.14. The van der Waals surface area contributed by atoms with Crippen LogP contribution in [0.15, 0.2) is 121 Å². The van der Waals surface area contributed by atoms with Crippen LogP contribution in [0, 0.1) is 5.82 Å². The van der Waals surface area contributed by atoms with Gasteiger partial charge in [-0.1, -0.05) is 91.0 Å². The van der Waals surface area contributed by atoms with Crippen LogP contribution in [0.5, 0.6) is 0 Å². The van der Waals surface area contributed by atoms with Crippen molar-refractivity contribution in [2.45, 2.75) is 18.6 Å². The zero-order valence-corrected chi connectivity index (χ0v) is 18.4. The maximum absolute atomic E-state index is 13.5. The summed E-state index contributed by atoms with van der Waals surface area (Å²) in [6.07, 6.45) is 2.85. The van der Waals surface area contributed by atoms with Crippen LogP contribution in [0.2, 0.25) is 0 Å².